The van der Waals surface area contributed by atoms with E-state index in [9.17, 15) is 20.0 Å². The molecule has 0 aliphatic carbocycles. The van der Waals surface area contributed by atoms with Gasteiger partial charge in [0.25, 0.3) is 5.88 Å². The van der Waals surface area contributed by atoms with Crippen molar-refractivity contribution >= 4 is 17.8 Å². The molecule has 2 aromatic rings. The molecule has 0 radical (unpaired) electrons. The number of hydrogen-bond donors (Lipinski definition) is 2. The monoisotopic (exact) mass is 263 g/mol. The predicted molar refractivity (Wildman–Crippen MR) is 65.5 cm³/mol. The lowest BCUT2D eigenvalue weighted by molar-refractivity contribution is -0.387. The van der Waals surface area contributed by atoms with Gasteiger partial charge < -0.3 is 14.5 Å². The Kier molecular flexibility index (Phi) is 3.15. The van der Waals surface area contributed by atoms with Crippen molar-refractivity contribution in [2.45, 2.75) is 6.92 Å². The van der Waals surface area contributed by atoms with Gasteiger partial charge in [0.1, 0.15) is 17.3 Å². The minimum absolute atomic E-state index is 0.0119. The van der Waals surface area contributed by atoms with Crippen LogP contribution >= 0.6 is 0 Å². The van der Waals surface area contributed by atoms with Gasteiger partial charge in [-0.15, -0.1) is 0 Å². The van der Waals surface area contributed by atoms with Gasteiger partial charge >= 0.3 is 11.2 Å². The van der Waals surface area contributed by atoms with E-state index in [0.717, 1.165) is 0 Å². The van der Waals surface area contributed by atoms with E-state index in [-0.39, 0.29) is 5.82 Å². The minimum atomic E-state index is -1.02. The second-order valence-electron chi connectivity index (χ2n) is 3.66. The predicted octanol–water partition coefficient (Wildman–Crippen LogP) is 1.46. The van der Waals surface area contributed by atoms with Crippen molar-refractivity contribution in [3.63, 3.8) is 0 Å². The molecular formula is C11H9N3O5. The molecule has 2 rings (SSSR count). The third kappa shape index (κ3) is 2.68. The molecule has 8 nitrogen and oxygen atoms in total. The van der Waals surface area contributed by atoms with E-state index in [4.69, 9.17) is 4.42 Å². The first-order valence-corrected chi connectivity index (χ1v) is 5.19. The summed E-state index contributed by atoms with van der Waals surface area (Å²) in [4.78, 5) is 26.5. The second-order valence-corrected chi connectivity index (χ2v) is 3.66. The molecule has 0 aromatic carbocycles. The van der Waals surface area contributed by atoms with Gasteiger partial charge in [-0.2, -0.15) is 4.98 Å². The average molecular weight is 263 g/mol. The van der Waals surface area contributed by atoms with E-state index in [0.29, 0.717) is 11.5 Å². The van der Waals surface area contributed by atoms with Crippen LogP contribution < -0.4 is 5.56 Å². The summed E-state index contributed by atoms with van der Waals surface area (Å²) in [6.45, 7) is 1.77. The number of aromatic amines is 1. The molecule has 0 fully saturated rings. The van der Waals surface area contributed by atoms with Crippen molar-refractivity contribution in [2.75, 3.05) is 0 Å². The van der Waals surface area contributed by atoms with Gasteiger partial charge in [0.15, 0.2) is 0 Å². The van der Waals surface area contributed by atoms with Gasteiger partial charge in [-0.25, -0.2) is 0 Å². The van der Waals surface area contributed by atoms with E-state index in [2.05, 4.69) is 9.97 Å². The molecule has 0 saturated heterocycles. The summed E-state index contributed by atoms with van der Waals surface area (Å²) >= 11 is 0. The second kappa shape index (κ2) is 4.77. The molecule has 2 heterocycles. The van der Waals surface area contributed by atoms with Crippen LogP contribution in [0.5, 0.6) is 5.88 Å². The molecule has 8 heteroatoms. The van der Waals surface area contributed by atoms with Gasteiger partial charge in [0.05, 0.1) is 4.92 Å². The quantitative estimate of drug-likeness (QED) is 0.638. The van der Waals surface area contributed by atoms with Crippen LogP contribution in [0.1, 0.15) is 17.3 Å². The lowest BCUT2D eigenvalue weighted by atomic mass is 10.3. The van der Waals surface area contributed by atoms with E-state index in [1.54, 1.807) is 19.1 Å². The summed E-state index contributed by atoms with van der Waals surface area (Å²) in [7, 11) is 0. The summed E-state index contributed by atoms with van der Waals surface area (Å²) < 4.78 is 5.25. The Hall–Kier alpha value is -2.90. The number of H-pyrrole nitrogens is 1. The van der Waals surface area contributed by atoms with Crippen molar-refractivity contribution in [1.29, 1.82) is 0 Å². The van der Waals surface area contributed by atoms with Crippen LogP contribution in [0.3, 0.4) is 0 Å². The lowest BCUT2D eigenvalue weighted by Crippen LogP contribution is -2.14. The van der Waals surface area contributed by atoms with Crippen molar-refractivity contribution in [3.8, 4) is 5.88 Å². The Bertz CT molecular complexity index is 713. The van der Waals surface area contributed by atoms with Crippen LogP contribution in [-0.4, -0.2) is 20.0 Å². The topological polar surface area (TPSA) is 122 Å². The van der Waals surface area contributed by atoms with Gasteiger partial charge in [-0.3, -0.25) is 14.9 Å². The van der Waals surface area contributed by atoms with Crippen molar-refractivity contribution in [1.82, 2.24) is 9.97 Å². The standard InChI is InChI=1S/C11H9N3O5/c1-6-2-3-7(19-6)4-5-8-12-10(15)9(14(17)18)11(16)13-8/h2-5H,1H3,(H2,12,13,15,16)/b5-4-. The Labute approximate surface area is 106 Å². The van der Waals surface area contributed by atoms with Crippen LogP contribution in [0.4, 0.5) is 5.69 Å². The summed E-state index contributed by atoms with van der Waals surface area (Å²) in [5.41, 5.74) is -2.00. The molecule has 19 heavy (non-hydrogen) atoms. The SMILES string of the molecule is Cc1ccc(/C=C\c2nc(O)c([N+](=O)[O-])c(=O)[nH]2)o1. The molecule has 0 aliphatic rings. The number of nitrogens with one attached hydrogen (secondary N) is 1. The first-order valence-electron chi connectivity index (χ1n) is 5.19. The van der Waals surface area contributed by atoms with Crippen LogP contribution in [0.15, 0.2) is 21.3 Å². The summed E-state index contributed by atoms with van der Waals surface area (Å²) in [6.07, 6.45) is 2.87. The van der Waals surface area contributed by atoms with Crippen LogP contribution in [0.2, 0.25) is 0 Å². The van der Waals surface area contributed by atoms with Crippen molar-refractivity contribution in [3.05, 3.63) is 49.9 Å². The van der Waals surface area contributed by atoms with Crippen LogP contribution in [-0.2, 0) is 0 Å². The zero-order chi connectivity index (χ0) is 14.0. The molecule has 2 aromatic heterocycles. The summed E-state index contributed by atoms with van der Waals surface area (Å²) in [5.74, 6) is 0.303. The molecular weight excluding hydrogens is 254 g/mol. The highest BCUT2D eigenvalue weighted by molar-refractivity contribution is 5.64. The fraction of sp³-hybridized carbons (Fsp3) is 0.0909. The van der Waals surface area contributed by atoms with E-state index >= 15 is 0 Å². The Morgan fingerprint density at radius 3 is 2.74 bits per heavy atom. The number of rotatable bonds is 3. The summed E-state index contributed by atoms with van der Waals surface area (Å²) in [5, 5.41) is 19.8. The van der Waals surface area contributed by atoms with Gasteiger partial charge in [0.2, 0.25) is 0 Å². The molecule has 0 spiro atoms. The summed E-state index contributed by atoms with van der Waals surface area (Å²) in [6, 6.07) is 3.46. The number of nitro groups is 1. The lowest BCUT2D eigenvalue weighted by Gasteiger charge is -1.96. The molecule has 0 atom stereocenters. The zero-order valence-corrected chi connectivity index (χ0v) is 9.78. The van der Waals surface area contributed by atoms with Crippen LogP contribution in [0.25, 0.3) is 12.2 Å². The minimum Gasteiger partial charge on any atom is -0.488 e. The maximum absolute atomic E-state index is 11.4. The maximum atomic E-state index is 11.4. The fourth-order valence-electron chi connectivity index (χ4n) is 1.42. The molecule has 0 bridgehead atoms. The Balaban J connectivity index is 2.35. The molecule has 98 valence electrons. The molecule has 2 N–H and O–H groups in total. The number of nitrogens with zero attached hydrogens (tertiary/aromatic N) is 2. The molecule has 0 saturated carbocycles. The Morgan fingerprint density at radius 1 is 1.47 bits per heavy atom. The highest BCUT2D eigenvalue weighted by Crippen LogP contribution is 2.17. The Morgan fingerprint density at radius 2 is 2.21 bits per heavy atom. The fourth-order valence-corrected chi connectivity index (χ4v) is 1.42. The highest BCUT2D eigenvalue weighted by atomic mass is 16.6. The molecule has 0 amide bonds. The number of aryl methyl sites for hydroxylation is 1. The number of furan rings is 1. The van der Waals surface area contributed by atoms with Crippen molar-refractivity contribution < 1.29 is 14.4 Å². The number of aromatic hydroxyl groups is 1. The van der Waals surface area contributed by atoms with E-state index < -0.39 is 22.0 Å². The van der Waals surface area contributed by atoms with Gasteiger partial charge in [-0.1, -0.05) is 0 Å². The largest absolute Gasteiger partial charge is 0.488 e. The normalized spacial score (nSPS) is 11.0. The third-order valence-corrected chi connectivity index (χ3v) is 2.24. The van der Waals surface area contributed by atoms with Gasteiger partial charge in [-0.05, 0) is 31.2 Å². The molecule has 0 aliphatic heterocycles. The molecule has 0 unspecified atom stereocenters. The van der Waals surface area contributed by atoms with Crippen LogP contribution in [0, 0.1) is 17.0 Å². The smallest absolute Gasteiger partial charge is 0.395 e. The highest BCUT2D eigenvalue weighted by Gasteiger charge is 2.21. The zero-order valence-electron chi connectivity index (χ0n) is 9.78. The average Bonchev–Trinajstić information content (AvgIpc) is 2.71. The number of hydrogen-bond acceptors (Lipinski definition) is 6. The number of aromatic nitrogens is 2. The third-order valence-electron chi connectivity index (χ3n) is 2.24. The van der Waals surface area contributed by atoms with Gasteiger partial charge in [0, 0.05) is 0 Å². The van der Waals surface area contributed by atoms with Crippen molar-refractivity contribution in [2.24, 2.45) is 0 Å². The maximum Gasteiger partial charge on any atom is 0.395 e. The first-order chi connectivity index (χ1) is 8.97. The first kappa shape index (κ1) is 12.6. The van der Waals surface area contributed by atoms with E-state index in [1.807, 2.05) is 0 Å². The van der Waals surface area contributed by atoms with E-state index in [1.165, 1.54) is 12.2 Å².